The van der Waals surface area contributed by atoms with Crippen molar-refractivity contribution in [1.29, 1.82) is 0 Å². The zero-order chi connectivity index (χ0) is 11.8. The maximum Gasteiger partial charge on any atom is 0.0175 e. The molecule has 2 unspecified atom stereocenters. The summed E-state index contributed by atoms with van der Waals surface area (Å²) in [5.41, 5.74) is 1.84. The van der Waals surface area contributed by atoms with Crippen LogP contribution in [-0.2, 0) is 0 Å². The van der Waals surface area contributed by atoms with E-state index in [2.05, 4.69) is 51.2 Å². The average Bonchev–Trinajstić information content (AvgIpc) is 2.54. The van der Waals surface area contributed by atoms with Gasteiger partial charge >= 0.3 is 0 Å². The third-order valence-corrected chi connectivity index (χ3v) is 3.82. The molecule has 1 nitrogen and oxygen atoms in total. The van der Waals surface area contributed by atoms with Crippen molar-refractivity contribution in [2.45, 2.75) is 46.1 Å². The van der Waals surface area contributed by atoms with E-state index >= 15 is 0 Å². The zero-order valence-corrected chi connectivity index (χ0v) is 11.1. The number of hydrogen-bond donors (Lipinski definition) is 1. The Morgan fingerprint density at radius 2 is 2.06 bits per heavy atom. The summed E-state index contributed by atoms with van der Waals surface area (Å²) in [5.74, 6) is 2.53. The molecule has 0 spiro atoms. The second kappa shape index (κ2) is 4.37. The van der Waals surface area contributed by atoms with Crippen molar-refractivity contribution < 1.29 is 0 Å². The van der Waals surface area contributed by atoms with Crippen LogP contribution < -0.4 is 5.32 Å². The highest BCUT2D eigenvalue weighted by molar-refractivity contribution is 5.26. The Morgan fingerprint density at radius 3 is 2.75 bits per heavy atom. The quantitative estimate of drug-likeness (QED) is 0.749. The second-order valence-electron chi connectivity index (χ2n) is 6.58. The van der Waals surface area contributed by atoms with Gasteiger partial charge in [0.05, 0.1) is 0 Å². The highest BCUT2D eigenvalue weighted by Gasteiger charge is 2.33. The Morgan fingerprint density at radius 1 is 1.31 bits per heavy atom. The van der Waals surface area contributed by atoms with Crippen molar-refractivity contribution in [2.75, 3.05) is 6.54 Å². The van der Waals surface area contributed by atoms with Crippen molar-refractivity contribution >= 4 is 0 Å². The normalized spacial score (nSPS) is 33.8. The Labute approximate surface area is 100 Å². The third-order valence-electron chi connectivity index (χ3n) is 3.82. The summed E-state index contributed by atoms with van der Waals surface area (Å²) in [7, 11) is 0. The van der Waals surface area contributed by atoms with Gasteiger partial charge in [0.1, 0.15) is 0 Å². The van der Waals surface area contributed by atoms with Gasteiger partial charge in [0.25, 0.3) is 0 Å². The molecule has 2 aliphatic carbocycles. The molecule has 1 heteroatoms. The first-order chi connectivity index (χ1) is 7.46. The maximum absolute atomic E-state index is 3.62. The predicted octanol–water partition coefficient (Wildman–Crippen LogP) is 3.53. The fourth-order valence-electron chi connectivity index (χ4n) is 2.98. The van der Waals surface area contributed by atoms with E-state index < -0.39 is 0 Å². The van der Waals surface area contributed by atoms with Gasteiger partial charge in [0.15, 0.2) is 0 Å². The van der Waals surface area contributed by atoms with E-state index in [1.165, 1.54) is 12.8 Å². The first-order valence-electron chi connectivity index (χ1n) is 6.58. The molecule has 2 rings (SSSR count). The fourth-order valence-corrected chi connectivity index (χ4v) is 2.98. The van der Waals surface area contributed by atoms with E-state index in [1.807, 2.05) is 0 Å². The molecule has 3 atom stereocenters. The highest BCUT2D eigenvalue weighted by atomic mass is 14.9. The Kier molecular flexibility index (Phi) is 3.25. The minimum absolute atomic E-state index is 0.224. The van der Waals surface area contributed by atoms with Crippen LogP contribution in [0.1, 0.15) is 40.5 Å². The van der Waals surface area contributed by atoms with E-state index in [4.69, 9.17) is 0 Å². The largest absolute Gasteiger partial charge is 0.308 e. The molecular weight excluding hydrogens is 194 g/mol. The van der Waals surface area contributed by atoms with Gasteiger partial charge in [-0.3, -0.25) is 0 Å². The van der Waals surface area contributed by atoms with Crippen LogP contribution in [-0.4, -0.2) is 12.1 Å². The topological polar surface area (TPSA) is 12.0 Å². The smallest absolute Gasteiger partial charge is 0.0175 e. The number of rotatable bonds is 2. The van der Waals surface area contributed by atoms with E-state index in [9.17, 15) is 0 Å². The van der Waals surface area contributed by atoms with Crippen LogP contribution in [0.2, 0.25) is 0 Å². The summed E-state index contributed by atoms with van der Waals surface area (Å²) in [6, 6.07) is 0. The summed E-state index contributed by atoms with van der Waals surface area (Å²) >= 11 is 0. The molecular formula is C15H25N. The zero-order valence-electron chi connectivity index (χ0n) is 11.1. The van der Waals surface area contributed by atoms with Crippen molar-refractivity contribution in [2.24, 2.45) is 17.8 Å². The van der Waals surface area contributed by atoms with Crippen LogP contribution in [0, 0.1) is 17.8 Å². The van der Waals surface area contributed by atoms with E-state index in [1.54, 1.807) is 5.57 Å². The van der Waals surface area contributed by atoms with Crippen molar-refractivity contribution in [1.82, 2.24) is 5.32 Å². The van der Waals surface area contributed by atoms with Crippen molar-refractivity contribution in [3.05, 3.63) is 23.8 Å². The summed E-state index contributed by atoms with van der Waals surface area (Å²) in [6.45, 7) is 10.2. The molecule has 1 saturated carbocycles. The lowest BCUT2D eigenvalue weighted by Gasteiger charge is -2.27. The van der Waals surface area contributed by atoms with Gasteiger partial charge in [0, 0.05) is 12.1 Å². The molecule has 1 N–H and O–H groups in total. The first kappa shape index (κ1) is 11.9. The molecule has 0 aromatic rings. The molecule has 0 heterocycles. The number of allylic oxidation sites excluding steroid dienone is 3. The number of hydrogen-bond acceptors (Lipinski definition) is 1. The molecule has 0 bridgehead atoms. The highest BCUT2D eigenvalue weighted by Crippen LogP contribution is 2.42. The molecule has 0 aromatic carbocycles. The Bertz CT molecular complexity index is 306. The van der Waals surface area contributed by atoms with Gasteiger partial charge in [0.2, 0.25) is 0 Å². The molecule has 0 radical (unpaired) electrons. The van der Waals surface area contributed by atoms with Crippen LogP contribution in [0.25, 0.3) is 0 Å². The van der Waals surface area contributed by atoms with E-state index in [-0.39, 0.29) is 5.54 Å². The standard InChI is InChI=1S/C15H25N/c1-11-8-12-6-5-7-13(14(12)9-11)10-16-15(2,3)4/h5-7,11-12,14,16H,8-10H2,1-4H3/t11-,12?,14?/m0/s1. The summed E-state index contributed by atoms with van der Waals surface area (Å²) in [4.78, 5) is 0. The summed E-state index contributed by atoms with van der Waals surface area (Å²) in [6.07, 6.45) is 9.77. The summed E-state index contributed by atoms with van der Waals surface area (Å²) in [5, 5.41) is 3.62. The van der Waals surface area contributed by atoms with E-state index in [0.29, 0.717) is 0 Å². The lowest BCUT2D eigenvalue weighted by Crippen LogP contribution is -2.38. The molecule has 2 aliphatic rings. The first-order valence-corrected chi connectivity index (χ1v) is 6.58. The molecule has 16 heavy (non-hydrogen) atoms. The van der Waals surface area contributed by atoms with E-state index in [0.717, 1.165) is 24.3 Å². The van der Waals surface area contributed by atoms with Gasteiger partial charge in [-0.15, -0.1) is 0 Å². The fraction of sp³-hybridized carbons (Fsp3) is 0.733. The van der Waals surface area contributed by atoms with Crippen LogP contribution in [0.5, 0.6) is 0 Å². The average molecular weight is 219 g/mol. The summed E-state index contributed by atoms with van der Waals surface area (Å²) < 4.78 is 0. The number of nitrogens with one attached hydrogen (secondary N) is 1. The number of fused-ring (bicyclic) bond motifs is 1. The van der Waals surface area contributed by atoms with Crippen LogP contribution in [0.15, 0.2) is 23.8 Å². The van der Waals surface area contributed by atoms with Crippen LogP contribution >= 0.6 is 0 Å². The van der Waals surface area contributed by atoms with Crippen molar-refractivity contribution in [3.8, 4) is 0 Å². The lowest BCUT2D eigenvalue weighted by atomic mass is 9.84. The molecule has 0 saturated heterocycles. The Balaban J connectivity index is 1.99. The monoisotopic (exact) mass is 219 g/mol. The van der Waals surface area contributed by atoms with Gasteiger partial charge < -0.3 is 5.32 Å². The molecule has 1 fully saturated rings. The van der Waals surface area contributed by atoms with Gasteiger partial charge in [-0.1, -0.05) is 30.7 Å². The SMILES string of the molecule is C[C@H]1CC2C=CC=C(CNC(C)(C)C)C2C1. The minimum Gasteiger partial charge on any atom is -0.308 e. The maximum atomic E-state index is 3.62. The van der Waals surface area contributed by atoms with Crippen molar-refractivity contribution in [3.63, 3.8) is 0 Å². The third kappa shape index (κ3) is 2.76. The second-order valence-corrected chi connectivity index (χ2v) is 6.58. The van der Waals surface area contributed by atoms with Crippen LogP contribution in [0.4, 0.5) is 0 Å². The molecule has 0 amide bonds. The minimum atomic E-state index is 0.224. The lowest BCUT2D eigenvalue weighted by molar-refractivity contribution is 0.418. The van der Waals surface area contributed by atoms with Crippen LogP contribution in [0.3, 0.4) is 0 Å². The van der Waals surface area contributed by atoms with Gasteiger partial charge in [-0.2, -0.15) is 0 Å². The van der Waals surface area contributed by atoms with Gasteiger partial charge in [-0.05, 0) is 51.4 Å². The molecule has 0 aromatic heterocycles. The Hall–Kier alpha value is -0.560. The van der Waals surface area contributed by atoms with Gasteiger partial charge in [-0.25, -0.2) is 0 Å². The molecule has 90 valence electrons. The molecule has 0 aliphatic heterocycles. The predicted molar refractivity (Wildman–Crippen MR) is 70.4 cm³/mol.